The van der Waals surface area contributed by atoms with Gasteiger partial charge in [0.15, 0.2) is 0 Å². The Bertz CT molecular complexity index is 3220. The highest BCUT2D eigenvalue weighted by Gasteiger charge is 2.23. The number of hydrogen-bond donors (Lipinski definition) is 0. The predicted octanol–water partition coefficient (Wildman–Crippen LogP) is 16.0. The number of anilines is 3. The van der Waals surface area contributed by atoms with E-state index in [-0.39, 0.29) is 0 Å². The molecule has 9 aromatic carbocycles. The van der Waals surface area contributed by atoms with Crippen molar-refractivity contribution >= 4 is 90.9 Å². The van der Waals surface area contributed by atoms with Crippen LogP contribution < -0.4 is 4.90 Å². The van der Waals surface area contributed by atoms with Crippen LogP contribution in [0.2, 0.25) is 0 Å². The van der Waals surface area contributed by atoms with Crippen LogP contribution in [0.4, 0.5) is 17.1 Å². The van der Waals surface area contributed by atoms with Crippen LogP contribution in [-0.4, -0.2) is 0 Å². The number of benzene rings is 9. The molecule has 0 saturated heterocycles. The van der Waals surface area contributed by atoms with Gasteiger partial charge in [-0.05, 0) is 87.1 Å². The maximum absolute atomic E-state index is 2.52. The molecule has 0 unspecified atom stereocenters. The number of fused-ring (bicyclic) bond motifs is 7. The normalized spacial score (nSPS) is 11.6. The predicted molar refractivity (Wildman–Crippen MR) is 241 cm³/mol. The molecule has 0 bridgehead atoms. The van der Waals surface area contributed by atoms with Crippen LogP contribution in [0, 0.1) is 0 Å². The van der Waals surface area contributed by atoms with Gasteiger partial charge in [0.1, 0.15) is 0 Å². The lowest BCUT2D eigenvalue weighted by Crippen LogP contribution is -2.12. The first-order valence-electron chi connectivity index (χ1n) is 18.7. The van der Waals surface area contributed by atoms with Gasteiger partial charge in [-0.25, -0.2) is 0 Å². The minimum absolute atomic E-state index is 1.12. The van der Waals surface area contributed by atoms with E-state index in [1.54, 1.807) is 0 Å². The Morgan fingerprint density at radius 1 is 0.327 bits per heavy atom. The zero-order valence-corrected chi connectivity index (χ0v) is 31.4. The van der Waals surface area contributed by atoms with Gasteiger partial charge in [0.05, 0.1) is 11.4 Å². The van der Waals surface area contributed by atoms with E-state index >= 15 is 0 Å². The Kier molecular flexibility index (Phi) is 7.61. The molecule has 0 atom stereocenters. The van der Waals surface area contributed by atoms with E-state index in [0.717, 1.165) is 11.4 Å². The summed E-state index contributed by atoms with van der Waals surface area (Å²) in [5.74, 6) is 0. The standard InChI is InChI=1S/C52H33NS2/c1-2-14-35(15-3-1)41-30-29-38(37-28-27-34-13-4-5-16-36(34)31-37)33-47(41)53(46-23-12-26-50-51(46)45-20-7-9-25-49(45)54-50)40-18-10-17-39(32-40)42-21-11-22-44-43-19-6-8-24-48(43)55-52(42)44/h1-33H. The Morgan fingerprint density at radius 2 is 0.982 bits per heavy atom. The second kappa shape index (κ2) is 13.1. The highest BCUT2D eigenvalue weighted by atomic mass is 32.1. The first-order valence-corrected chi connectivity index (χ1v) is 20.3. The van der Waals surface area contributed by atoms with Gasteiger partial charge in [0, 0.05) is 51.6 Å². The molecule has 0 saturated carbocycles. The summed E-state index contributed by atoms with van der Waals surface area (Å²) >= 11 is 3.75. The van der Waals surface area contributed by atoms with E-state index in [9.17, 15) is 0 Å². The Morgan fingerprint density at radius 3 is 1.87 bits per heavy atom. The van der Waals surface area contributed by atoms with E-state index in [1.807, 2.05) is 22.7 Å². The lowest BCUT2D eigenvalue weighted by molar-refractivity contribution is 1.30. The highest BCUT2D eigenvalue weighted by molar-refractivity contribution is 7.26. The van der Waals surface area contributed by atoms with Gasteiger partial charge < -0.3 is 4.90 Å². The van der Waals surface area contributed by atoms with Crippen molar-refractivity contribution in [3.63, 3.8) is 0 Å². The van der Waals surface area contributed by atoms with Gasteiger partial charge in [-0.2, -0.15) is 0 Å². The second-order valence-corrected chi connectivity index (χ2v) is 16.2. The minimum atomic E-state index is 1.12. The number of thiophene rings is 2. The quantitative estimate of drug-likeness (QED) is 0.164. The molecule has 11 rings (SSSR count). The summed E-state index contributed by atoms with van der Waals surface area (Å²) in [6.45, 7) is 0. The molecule has 2 heterocycles. The monoisotopic (exact) mass is 735 g/mol. The summed E-state index contributed by atoms with van der Waals surface area (Å²) in [6, 6.07) is 73.6. The molecular formula is C52H33NS2. The van der Waals surface area contributed by atoms with Crippen LogP contribution in [0.15, 0.2) is 200 Å². The molecule has 55 heavy (non-hydrogen) atoms. The molecule has 1 nitrogen and oxygen atoms in total. The topological polar surface area (TPSA) is 3.24 Å². The van der Waals surface area contributed by atoms with Gasteiger partial charge in [-0.1, -0.05) is 152 Å². The summed E-state index contributed by atoms with van der Waals surface area (Å²) in [5, 5.41) is 7.66. The zero-order valence-electron chi connectivity index (χ0n) is 29.8. The van der Waals surface area contributed by atoms with Crippen molar-refractivity contribution in [1.82, 2.24) is 0 Å². The third kappa shape index (κ3) is 5.43. The van der Waals surface area contributed by atoms with Gasteiger partial charge >= 0.3 is 0 Å². The maximum Gasteiger partial charge on any atom is 0.0555 e. The highest BCUT2D eigenvalue weighted by Crippen LogP contribution is 2.49. The fourth-order valence-electron chi connectivity index (χ4n) is 8.26. The summed E-state index contributed by atoms with van der Waals surface area (Å²) < 4.78 is 5.21. The average Bonchev–Trinajstić information content (AvgIpc) is 3.83. The van der Waals surface area contributed by atoms with Crippen LogP contribution in [0.1, 0.15) is 0 Å². The van der Waals surface area contributed by atoms with Crippen molar-refractivity contribution in [2.45, 2.75) is 0 Å². The first kappa shape index (κ1) is 32.0. The lowest BCUT2D eigenvalue weighted by Gasteiger charge is -2.30. The number of hydrogen-bond acceptors (Lipinski definition) is 3. The molecule has 0 N–H and O–H groups in total. The molecule has 2 aromatic heterocycles. The van der Waals surface area contributed by atoms with Crippen LogP contribution >= 0.6 is 22.7 Å². The van der Waals surface area contributed by atoms with Crippen molar-refractivity contribution in [2.75, 3.05) is 4.90 Å². The molecule has 0 aliphatic heterocycles. The second-order valence-electron chi connectivity index (χ2n) is 14.1. The van der Waals surface area contributed by atoms with Crippen molar-refractivity contribution < 1.29 is 0 Å². The Labute approximate surface area is 327 Å². The Balaban J connectivity index is 1.20. The molecule has 3 heteroatoms. The fourth-order valence-corrected chi connectivity index (χ4v) is 10.6. The van der Waals surface area contributed by atoms with E-state index in [4.69, 9.17) is 0 Å². The molecular weight excluding hydrogens is 703 g/mol. The van der Waals surface area contributed by atoms with Crippen molar-refractivity contribution in [3.05, 3.63) is 200 Å². The van der Waals surface area contributed by atoms with Crippen LogP contribution in [0.3, 0.4) is 0 Å². The van der Waals surface area contributed by atoms with Crippen LogP contribution in [0.5, 0.6) is 0 Å². The smallest absolute Gasteiger partial charge is 0.0555 e. The number of nitrogens with zero attached hydrogens (tertiary/aromatic N) is 1. The van der Waals surface area contributed by atoms with E-state index in [1.165, 1.54) is 90.2 Å². The van der Waals surface area contributed by atoms with E-state index in [0.29, 0.717) is 0 Å². The zero-order chi connectivity index (χ0) is 36.3. The van der Waals surface area contributed by atoms with Gasteiger partial charge in [-0.3, -0.25) is 0 Å². The third-order valence-corrected chi connectivity index (χ3v) is 13.2. The minimum Gasteiger partial charge on any atom is -0.309 e. The number of rotatable bonds is 6. The average molecular weight is 736 g/mol. The SMILES string of the molecule is c1ccc(-c2ccc(-c3ccc4ccccc4c3)cc2N(c2cccc(-c3cccc4c3sc3ccccc34)c2)c2cccc3sc4ccccc4c23)cc1. The molecule has 11 aromatic rings. The van der Waals surface area contributed by atoms with Crippen molar-refractivity contribution in [2.24, 2.45) is 0 Å². The van der Waals surface area contributed by atoms with Crippen molar-refractivity contribution in [3.8, 4) is 33.4 Å². The molecule has 0 radical (unpaired) electrons. The first-order chi connectivity index (χ1) is 27.3. The van der Waals surface area contributed by atoms with Crippen LogP contribution in [0.25, 0.3) is 84.5 Å². The molecule has 0 amide bonds. The molecule has 0 spiro atoms. The molecule has 0 aliphatic rings. The summed E-state index contributed by atoms with van der Waals surface area (Å²) in [7, 11) is 0. The largest absolute Gasteiger partial charge is 0.309 e. The van der Waals surface area contributed by atoms with E-state index < -0.39 is 0 Å². The summed E-state index contributed by atoms with van der Waals surface area (Å²) in [5.41, 5.74) is 10.6. The lowest BCUT2D eigenvalue weighted by atomic mass is 9.95. The van der Waals surface area contributed by atoms with Gasteiger partial charge in [-0.15, -0.1) is 22.7 Å². The maximum atomic E-state index is 2.52. The van der Waals surface area contributed by atoms with Gasteiger partial charge in [0.2, 0.25) is 0 Å². The molecule has 0 aliphatic carbocycles. The van der Waals surface area contributed by atoms with E-state index in [2.05, 4.69) is 205 Å². The molecule has 0 fully saturated rings. The Hall–Kier alpha value is -6.52. The van der Waals surface area contributed by atoms with Crippen LogP contribution in [-0.2, 0) is 0 Å². The third-order valence-electron chi connectivity index (χ3n) is 10.8. The molecule has 258 valence electrons. The summed E-state index contributed by atoms with van der Waals surface area (Å²) in [6.07, 6.45) is 0. The summed E-state index contributed by atoms with van der Waals surface area (Å²) in [4.78, 5) is 2.52. The van der Waals surface area contributed by atoms with Gasteiger partial charge in [0.25, 0.3) is 0 Å². The fraction of sp³-hybridized carbons (Fsp3) is 0. The van der Waals surface area contributed by atoms with Crippen molar-refractivity contribution in [1.29, 1.82) is 0 Å².